The Balaban J connectivity index is 3.08. The molecule has 0 aliphatic rings. The van der Waals surface area contributed by atoms with E-state index in [1.807, 2.05) is 13.0 Å². The smallest absolute Gasteiger partial charge is 0.338 e. The molecule has 0 heterocycles. The number of halogens is 1. The number of carbonyl (C=O) groups is 2. The third-order valence-corrected chi connectivity index (χ3v) is 3.48. The summed E-state index contributed by atoms with van der Waals surface area (Å²) in [5.74, 6) is -0.330. The number of benzene rings is 1. The van der Waals surface area contributed by atoms with Gasteiger partial charge in [0.2, 0.25) is 0 Å². The highest BCUT2D eigenvalue weighted by molar-refractivity contribution is 9.09. The summed E-state index contributed by atoms with van der Waals surface area (Å²) in [5.41, 5.74) is 2.17. The van der Waals surface area contributed by atoms with Crippen molar-refractivity contribution in [1.29, 1.82) is 0 Å². The fraction of sp³-hybridized carbons (Fsp3) is 0.333. The van der Waals surface area contributed by atoms with Crippen LogP contribution in [0.1, 0.15) is 33.2 Å². The Labute approximate surface area is 103 Å². The predicted molar refractivity (Wildman–Crippen MR) is 64.9 cm³/mol. The predicted octanol–water partition coefficient (Wildman–Crippen LogP) is 2.81. The molecule has 3 nitrogen and oxygen atoms in total. The molecule has 0 aromatic heterocycles. The molecular formula is C12H13BrO3. The molecule has 0 aliphatic carbocycles. The molecule has 4 heteroatoms. The van der Waals surface area contributed by atoms with Crippen LogP contribution in [0.4, 0.5) is 0 Å². The van der Waals surface area contributed by atoms with Crippen LogP contribution >= 0.6 is 15.9 Å². The highest BCUT2D eigenvalue weighted by Crippen LogP contribution is 2.25. The molecule has 0 aliphatic heterocycles. The Morgan fingerprint density at radius 1 is 1.38 bits per heavy atom. The molecule has 1 atom stereocenters. The number of rotatable bonds is 3. The van der Waals surface area contributed by atoms with Gasteiger partial charge in [0.25, 0.3) is 0 Å². The van der Waals surface area contributed by atoms with Crippen LogP contribution < -0.4 is 0 Å². The van der Waals surface area contributed by atoms with E-state index >= 15 is 0 Å². The van der Waals surface area contributed by atoms with Crippen molar-refractivity contribution < 1.29 is 14.3 Å². The molecule has 0 radical (unpaired) electrons. The van der Waals surface area contributed by atoms with E-state index in [1.54, 1.807) is 12.1 Å². The van der Waals surface area contributed by atoms with Gasteiger partial charge in [-0.3, -0.25) is 4.79 Å². The molecule has 0 saturated carbocycles. The zero-order valence-electron chi connectivity index (χ0n) is 9.41. The lowest BCUT2D eigenvalue weighted by atomic mass is 10.0. The van der Waals surface area contributed by atoms with E-state index in [0.717, 1.165) is 11.1 Å². The van der Waals surface area contributed by atoms with Gasteiger partial charge < -0.3 is 4.74 Å². The van der Waals surface area contributed by atoms with E-state index in [4.69, 9.17) is 0 Å². The second kappa shape index (κ2) is 5.25. The van der Waals surface area contributed by atoms with Crippen molar-refractivity contribution in [2.24, 2.45) is 0 Å². The minimum absolute atomic E-state index is 0.0326. The minimum atomic E-state index is -0.363. The number of hydrogen-bond donors (Lipinski definition) is 0. The molecule has 0 spiro atoms. The van der Waals surface area contributed by atoms with Crippen molar-refractivity contribution in [3.05, 3.63) is 34.9 Å². The van der Waals surface area contributed by atoms with Gasteiger partial charge in [0, 0.05) is 0 Å². The summed E-state index contributed by atoms with van der Waals surface area (Å²) in [6, 6.07) is 5.24. The van der Waals surface area contributed by atoms with E-state index in [0.29, 0.717) is 5.56 Å². The fourth-order valence-electron chi connectivity index (χ4n) is 1.42. The summed E-state index contributed by atoms with van der Waals surface area (Å²) in [7, 11) is 1.35. The average molecular weight is 285 g/mol. The summed E-state index contributed by atoms with van der Waals surface area (Å²) in [4.78, 5) is 22.2. The van der Waals surface area contributed by atoms with Crippen LogP contribution in [-0.4, -0.2) is 18.9 Å². The van der Waals surface area contributed by atoms with E-state index in [9.17, 15) is 9.59 Å². The zero-order valence-corrected chi connectivity index (χ0v) is 11.0. The maximum atomic E-state index is 11.3. The number of aryl methyl sites for hydroxylation is 1. The molecule has 0 N–H and O–H groups in total. The highest BCUT2D eigenvalue weighted by atomic mass is 79.9. The summed E-state index contributed by atoms with van der Waals surface area (Å²) >= 11 is 3.30. The largest absolute Gasteiger partial charge is 0.465 e. The number of ether oxygens (including phenoxy) is 1. The van der Waals surface area contributed by atoms with Crippen molar-refractivity contribution in [1.82, 2.24) is 0 Å². The number of ketones is 1. The van der Waals surface area contributed by atoms with Crippen LogP contribution in [0.5, 0.6) is 0 Å². The van der Waals surface area contributed by atoms with Gasteiger partial charge in [-0.1, -0.05) is 28.1 Å². The van der Waals surface area contributed by atoms with Crippen molar-refractivity contribution in [3.8, 4) is 0 Å². The Morgan fingerprint density at radius 2 is 2.00 bits per heavy atom. The molecule has 1 aromatic rings. The van der Waals surface area contributed by atoms with Gasteiger partial charge in [0.1, 0.15) is 5.78 Å². The minimum Gasteiger partial charge on any atom is -0.465 e. The van der Waals surface area contributed by atoms with E-state index in [1.165, 1.54) is 14.0 Å². The number of esters is 1. The first-order chi connectivity index (χ1) is 7.47. The third kappa shape index (κ3) is 2.70. The molecule has 16 heavy (non-hydrogen) atoms. The zero-order chi connectivity index (χ0) is 12.3. The summed E-state index contributed by atoms with van der Waals surface area (Å²) in [6.07, 6.45) is 0. The van der Waals surface area contributed by atoms with Crippen molar-refractivity contribution in [2.75, 3.05) is 7.11 Å². The maximum Gasteiger partial charge on any atom is 0.338 e. The average Bonchev–Trinajstić information content (AvgIpc) is 2.26. The normalized spacial score (nSPS) is 12.0. The summed E-state index contributed by atoms with van der Waals surface area (Å²) in [5, 5.41) is 0. The first-order valence-electron chi connectivity index (χ1n) is 4.80. The van der Waals surface area contributed by atoms with Crippen LogP contribution in [0.25, 0.3) is 0 Å². The summed E-state index contributed by atoms with van der Waals surface area (Å²) < 4.78 is 4.65. The lowest BCUT2D eigenvalue weighted by Gasteiger charge is -2.09. The fourth-order valence-corrected chi connectivity index (χ4v) is 1.70. The van der Waals surface area contributed by atoms with Gasteiger partial charge in [0.05, 0.1) is 17.5 Å². The van der Waals surface area contributed by atoms with Gasteiger partial charge in [-0.15, -0.1) is 0 Å². The SMILES string of the molecule is COC(=O)c1ccc(C(Br)C(C)=O)cc1C. The number of Topliss-reactive ketones (excluding diaryl/α,β-unsaturated/α-hetero) is 1. The molecule has 0 amide bonds. The first kappa shape index (κ1) is 12.9. The number of hydrogen-bond acceptors (Lipinski definition) is 3. The molecule has 0 fully saturated rings. The number of methoxy groups -OCH3 is 1. The quantitative estimate of drug-likeness (QED) is 0.633. The Morgan fingerprint density at radius 3 is 2.44 bits per heavy atom. The monoisotopic (exact) mass is 284 g/mol. The lowest BCUT2D eigenvalue weighted by Crippen LogP contribution is -2.06. The second-order valence-corrected chi connectivity index (χ2v) is 4.45. The standard InChI is InChI=1S/C12H13BrO3/c1-7-6-9(11(13)8(2)14)4-5-10(7)12(15)16-3/h4-6,11H,1-3H3. The Bertz CT molecular complexity index is 426. The van der Waals surface area contributed by atoms with Crippen molar-refractivity contribution in [3.63, 3.8) is 0 Å². The molecule has 0 bridgehead atoms. The van der Waals surface area contributed by atoms with Gasteiger partial charge in [-0.05, 0) is 31.0 Å². The van der Waals surface area contributed by atoms with Crippen LogP contribution in [0.3, 0.4) is 0 Å². The topological polar surface area (TPSA) is 43.4 Å². The van der Waals surface area contributed by atoms with Crippen LogP contribution in [0.15, 0.2) is 18.2 Å². The number of carbonyl (C=O) groups excluding carboxylic acids is 2. The highest BCUT2D eigenvalue weighted by Gasteiger charge is 2.15. The second-order valence-electron chi connectivity index (χ2n) is 3.54. The maximum absolute atomic E-state index is 11.3. The molecule has 1 rings (SSSR count). The van der Waals surface area contributed by atoms with Gasteiger partial charge in [0.15, 0.2) is 0 Å². The molecule has 86 valence electrons. The number of alkyl halides is 1. The van der Waals surface area contributed by atoms with E-state index in [2.05, 4.69) is 20.7 Å². The molecular weight excluding hydrogens is 272 g/mol. The lowest BCUT2D eigenvalue weighted by molar-refractivity contribution is -0.116. The van der Waals surface area contributed by atoms with Gasteiger partial charge >= 0.3 is 5.97 Å². The Kier molecular flexibility index (Phi) is 4.24. The van der Waals surface area contributed by atoms with Gasteiger partial charge in [-0.25, -0.2) is 4.79 Å². The third-order valence-electron chi connectivity index (χ3n) is 2.31. The van der Waals surface area contributed by atoms with Crippen LogP contribution in [0, 0.1) is 6.92 Å². The van der Waals surface area contributed by atoms with Crippen molar-refractivity contribution in [2.45, 2.75) is 18.7 Å². The summed E-state index contributed by atoms with van der Waals surface area (Å²) in [6.45, 7) is 3.33. The molecule has 0 saturated heterocycles. The molecule has 1 unspecified atom stereocenters. The van der Waals surface area contributed by atoms with E-state index < -0.39 is 0 Å². The first-order valence-corrected chi connectivity index (χ1v) is 5.72. The molecule has 1 aromatic carbocycles. The van der Waals surface area contributed by atoms with E-state index in [-0.39, 0.29) is 16.6 Å². The van der Waals surface area contributed by atoms with Crippen molar-refractivity contribution >= 4 is 27.7 Å². The van der Waals surface area contributed by atoms with Gasteiger partial charge in [-0.2, -0.15) is 0 Å². The van der Waals surface area contributed by atoms with Crippen LogP contribution in [0.2, 0.25) is 0 Å². The van der Waals surface area contributed by atoms with Crippen LogP contribution in [-0.2, 0) is 9.53 Å². The Hall–Kier alpha value is -1.16.